The first-order valence-electron chi connectivity index (χ1n) is 10.5. The van der Waals surface area contributed by atoms with Crippen LogP contribution in [-0.4, -0.2) is 26.5 Å². The van der Waals surface area contributed by atoms with Crippen molar-refractivity contribution in [2.45, 2.75) is 26.2 Å². The molecular formula is C24H20N5NaO4S. The predicted octanol–water partition coefficient (Wildman–Crippen LogP) is 1.51. The summed E-state index contributed by atoms with van der Waals surface area (Å²) in [7, 11) is 0. The van der Waals surface area contributed by atoms with Crippen molar-refractivity contribution in [1.82, 2.24) is 14.5 Å². The Labute approximate surface area is 226 Å². The number of amides is 2. The van der Waals surface area contributed by atoms with Crippen LogP contribution in [0.2, 0.25) is 0 Å². The Hall–Kier alpha value is -3.18. The number of carbonyl (C=O) groups is 2. The summed E-state index contributed by atoms with van der Waals surface area (Å²) in [5.41, 5.74) is 3.08. The Morgan fingerprint density at radius 2 is 1.80 bits per heavy atom. The summed E-state index contributed by atoms with van der Waals surface area (Å²) in [6.07, 6.45) is 1.90. The summed E-state index contributed by atoms with van der Waals surface area (Å²) in [5, 5.41) is 20.4. The normalized spacial score (nSPS) is 11.4. The van der Waals surface area contributed by atoms with E-state index in [9.17, 15) is 14.7 Å². The molecule has 0 fully saturated rings. The van der Waals surface area contributed by atoms with Crippen LogP contribution in [0.5, 0.6) is 0 Å². The van der Waals surface area contributed by atoms with E-state index in [-0.39, 0.29) is 40.5 Å². The van der Waals surface area contributed by atoms with E-state index in [0.29, 0.717) is 17.3 Å². The average Bonchev–Trinajstić information content (AvgIpc) is 3.48. The van der Waals surface area contributed by atoms with E-state index in [2.05, 4.69) is 20.8 Å². The molecule has 9 nitrogen and oxygen atoms in total. The molecule has 172 valence electrons. The molecule has 0 saturated carbocycles. The van der Waals surface area contributed by atoms with Crippen LogP contribution in [0.3, 0.4) is 0 Å². The van der Waals surface area contributed by atoms with Gasteiger partial charge in [0.1, 0.15) is 5.76 Å². The van der Waals surface area contributed by atoms with Crippen LogP contribution < -0.4 is 45.3 Å². The molecule has 0 atom stereocenters. The third-order valence-corrected chi connectivity index (χ3v) is 6.28. The minimum atomic E-state index is -1.20. The van der Waals surface area contributed by atoms with Crippen molar-refractivity contribution in [3.8, 4) is 11.3 Å². The van der Waals surface area contributed by atoms with Crippen molar-refractivity contribution < 1.29 is 48.8 Å². The minimum absolute atomic E-state index is 0. The summed E-state index contributed by atoms with van der Waals surface area (Å²) in [6, 6.07) is 13.5. The zero-order chi connectivity index (χ0) is 24.0. The number of urea groups is 1. The first kappa shape index (κ1) is 24.9. The number of aromatic carboxylic acids is 1. The Morgan fingerprint density at radius 3 is 2.46 bits per heavy atom. The van der Waals surface area contributed by atoms with Crippen LogP contribution in [0.15, 0.2) is 59.3 Å². The van der Waals surface area contributed by atoms with Crippen LogP contribution in [0.25, 0.3) is 26.4 Å². The van der Waals surface area contributed by atoms with E-state index >= 15 is 0 Å². The molecule has 0 aliphatic rings. The van der Waals surface area contributed by atoms with Crippen molar-refractivity contribution in [1.29, 1.82) is 0 Å². The summed E-state index contributed by atoms with van der Waals surface area (Å²) in [6.45, 7) is 5.99. The summed E-state index contributed by atoms with van der Waals surface area (Å²) < 4.78 is 8.03. The Balaban J connectivity index is 0.00000289. The van der Waals surface area contributed by atoms with E-state index in [1.54, 1.807) is 30.3 Å². The molecule has 3 heterocycles. The van der Waals surface area contributed by atoms with E-state index in [1.165, 1.54) is 17.4 Å². The Morgan fingerprint density at radius 1 is 1.06 bits per heavy atom. The van der Waals surface area contributed by atoms with Gasteiger partial charge in [0.25, 0.3) is 0 Å². The van der Waals surface area contributed by atoms with Gasteiger partial charge < -0.3 is 19.7 Å². The van der Waals surface area contributed by atoms with Gasteiger partial charge in [-0.15, -0.1) is 0 Å². The fourth-order valence-electron chi connectivity index (χ4n) is 3.46. The van der Waals surface area contributed by atoms with Gasteiger partial charge in [-0.05, 0) is 29.8 Å². The summed E-state index contributed by atoms with van der Waals surface area (Å²) >= 11 is 1.41. The molecule has 0 saturated heterocycles. The van der Waals surface area contributed by atoms with Gasteiger partial charge in [0.15, 0.2) is 10.8 Å². The molecule has 2 N–H and O–H groups in total. The second-order valence-electron chi connectivity index (χ2n) is 8.83. The van der Waals surface area contributed by atoms with Crippen LogP contribution in [0.1, 0.15) is 36.9 Å². The summed E-state index contributed by atoms with van der Waals surface area (Å²) in [4.78, 5) is 28.8. The Kier molecular flexibility index (Phi) is 6.74. The minimum Gasteiger partial charge on any atom is -0.545 e. The smallest absolute Gasteiger partial charge is 0.545 e. The molecule has 0 radical (unpaired) electrons. The number of carboxylic acid groups (broad SMARTS) is 1. The van der Waals surface area contributed by atoms with Gasteiger partial charge in [-0.2, -0.15) is 0 Å². The number of rotatable bonds is 4. The zero-order valence-corrected chi connectivity index (χ0v) is 22.4. The molecule has 35 heavy (non-hydrogen) atoms. The number of hydrogen-bond acceptors (Lipinski definition) is 7. The number of imidazole rings is 1. The molecule has 2 amide bonds. The molecule has 0 aliphatic carbocycles. The van der Waals surface area contributed by atoms with Crippen LogP contribution in [0, 0.1) is 0 Å². The van der Waals surface area contributed by atoms with Crippen molar-refractivity contribution >= 4 is 50.0 Å². The fraction of sp³-hybridized carbons (Fsp3) is 0.167. The number of anilines is 2. The largest absolute Gasteiger partial charge is 1.00 e. The SMILES string of the molecule is CC(C)(C)c1cc(NC(=O)Nc2ccc(-c3cn4c(n3)sc3cc(C(=O)[O-])ccc34)cc2)no1.[Na+]. The maximum absolute atomic E-state index is 12.3. The number of hydrogen-bond donors (Lipinski definition) is 2. The molecular weight excluding hydrogens is 477 g/mol. The first-order chi connectivity index (χ1) is 16.2. The first-order valence-corrected chi connectivity index (χ1v) is 11.3. The Bertz CT molecular complexity index is 1550. The third kappa shape index (κ3) is 5.10. The average molecular weight is 498 g/mol. The van der Waals surface area contributed by atoms with E-state index < -0.39 is 12.0 Å². The van der Waals surface area contributed by atoms with Gasteiger partial charge in [0.05, 0.1) is 21.9 Å². The zero-order valence-electron chi connectivity index (χ0n) is 19.6. The number of carboxylic acids is 1. The number of fused-ring (bicyclic) bond motifs is 3. The van der Waals surface area contributed by atoms with Gasteiger partial charge in [-0.3, -0.25) is 9.72 Å². The number of benzene rings is 2. The molecule has 0 unspecified atom stereocenters. The van der Waals surface area contributed by atoms with E-state index in [0.717, 1.165) is 26.4 Å². The number of aromatic nitrogens is 3. The molecule has 11 heteroatoms. The number of nitrogens with one attached hydrogen (secondary N) is 2. The standard InChI is InChI=1S/C24H21N5O4S.Na/c1-24(2,3)19-11-20(28-33-19)27-22(32)25-15-7-4-13(5-8-15)16-12-29-17-9-6-14(21(30)31)10-18(17)34-23(29)26-16;/h4-12H,1-3H3,(H,30,31)(H2,25,27,28,32);/q;+1/p-1. The number of thiazole rings is 1. The molecule has 2 aromatic carbocycles. The monoisotopic (exact) mass is 497 g/mol. The molecule has 3 aromatic heterocycles. The van der Waals surface area contributed by atoms with E-state index in [4.69, 9.17) is 4.52 Å². The topological polar surface area (TPSA) is 125 Å². The van der Waals surface area contributed by atoms with Crippen molar-refractivity contribution in [3.05, 3.63) is 66.1 Å². The van der Waals surface area contributed by atoms with Crippen LogP contribution >= 0.6 is 11.3 Å². The quantitative estimate of drug-likeness (QED) is 0.363. The molecule has 0 aliphatic heterocycles. The maximum atomic E-state index is 12.3. The van der Waals surface area contributed by atoms with E-state index in [1.807, 2.05) is 43.5 Å². The molecule has 5 aromatic rings. The number of carbonyl (C=O) groups excluding carboxylic acids is 2. The summed E-state index contributed by atoms with van der Waals surface area (Å²) in [5.74, 6) is -0.179. The maximum Gasteiger partial charge on any atom is 1.00 e. The van der Waals surface area contributed by atoms with Crippen LogP contribution in [0.4, 0.5) is 16.3 Å². The van der Waals surface area contributed by atoms with Gasteiger partial charge in [-0.1, -0.05) is 55.5 Å². The van der Waals surface area contributed by atoms with Crippen LogP contribution in [-0.2, 0) is 5.41 Å². The molecule has 5 rings (SSSR count). The van der Waals surface area contributed by atoms with Gasteiger partial charge in [0.2, 0.25) is 0 Å². The molecule has 0 bridgehead atoms. The van der Waals surface area contributed by atoms with Crippen molar-refractivity contribution in [2.75, 3.05) is 10.6 Å². The predicted molar refractivity (Wildman–Crippen MR) is 128 cm³/mol. The van der Waals surface area contributed by atoms with Crippen molar-refractivity contribution in [2.24, 2.45) is 0 Å². The fourth-order valence-corrected chi connectivity index (χ4v) is 4.50. The second-order valence-corrected chi connectivity index (χ2v) is 9.84. The number of nitrogens with zero attached hydrogens (tertiary/aromatic N) is 3. The molecule has 0 spiro atoms. The third-order valence-electron chi connectivity index (χ3n) is 5.26. The van der Waals surface area contributed by atoms with Gasteiger partial charge in [0, 0.05) is 28.9 Å². The second kappa shape index (κ2) is 9.46. The van der Waals surface area contributed by atoms with Gasteiger partial charge in [-0.25, -0.2) is 9.78 Å². The van der Waals surface area contributed by atoms with Gasteiger partial charge >= 0.3 is 35.6 Å². The van der Waals surface area contributed by atoms with Crippen molar-refractivity contribution in [3.63, 3.8) is 0 Å².